The lowest BCUT2D eigenvalue weighted by atomic mass is 9.95. The number of nitrogens with one attached hydrogen (secondary N) is 1. The molecular weight excluding hydrogens is 374 g/mol. The van der Waals surface area contributed by atoms with Crippen molar-refractivity contribution in [2.75, 3.05) is 36.4 Å². The van der Waals surface area contributed by atoms with Crippen LogP contribution >= 0.6 is 0 Å². The van der Waals surface area contributed by atoms with Crippen LogP contribution in [0.15, 0.2) is 60.7 Å². The molecule has 1 aliphatic rings. The van der Waals surface area contributed by atoms with Crippen molar-refractivity contribution in [1.29, 1.82) is 0 Å². The molecule has 0 unspecified atom stereocenters. The topological polar surface area (TPSA) is 52.7 Å². The van der Waals surface area contributed by atoms with E-state index in [2.05, 4.69) is 24.1 Å². The minimum atomic E-state index is -0.0605. The van der Waals surface area contributed by atoms with Gasteiger partial charge in [0.25, 0.3) is 0 Å². The Bertz CT molecular complexity index is 850. The van der Waals surface area contributed by atoms with Gasteiger partial charge in [-0.1, -0.05) is 30.3 Å². The fraction of sp³-hybridized carbons (Fsp3) is 0.360. The van der Waals surface area contributed by atoms with Crippen molar-refractivity contribution < 1.29 is 9.59 Å². The molecule has 0 radical (unpaired) electrons. The molecular formula is C25H31N3O2. The number of amides is 2. The van der Waals surface area contributed by atoms with Gasteiger partial charge in [0.15, 0.2) is 0 Å². The fourth-order valence-corrected chi connectivity index (χ4v) is 3.79. The van der Waals surface area contributed by atoms with E-state index < -0.39 is 0 Å². The highest BCUT2D eigenvalue weighted by Gasteiger charge is 2.26. The summed E-state index contributed by atoms with van der Waals surface area (Å²) in [7, 11) is 0. The van der Waals surface area contributed by atoms with Crippen molar-refractivity contribution in [2.45, 2.75) is 26.7 Å². The molecule has 2 amide bonds. The van der Waals surface area contributed by atoms with E-state index in [1.54, 1.807) is 6.08 Å². The van der Waals surface area contributed by atoms with Gasteiger partial charge in [0.05, 0.1) is 0 Å². The Morgan fingerprint density at radius 1 is 1.00 bits per heavy atom. The Labute approximate surface area is 179 Å². The van der Waals surface area contributed by atoms with Gasteiger partial charge in [-0.3, -0.25) is 9.59 Å². The van der Waals surface area contributed by atoms with Gasteiger partial charge < -0.3 is 15.1 Å². The molecule has 5 heteroatoms. The summed E-state index contributed by atoms with van der Waals surface area (Å²) < 4.78 is 0. The van der Waals surface area contributed by atoms with Crippen molar-refractivity contribution in [3.8, 4) is 0 Å². The number of likely N-dealkylation sites (tertiary alicyclic amines) is 1. The Kier molecular flexibility index (Phi) is 7.66. The predicted molar refractivity (Wildman–Crippen MR) is 123 cm³/mol. The third-order valence-corrected chi connectivity index (χ3v) is 5.66. The number of carbonyl (C=O) groups excluding carboxylic acids is 2. The molecule has 2 aromatic rings. The molecule has 3 rings (SSSR count). The van der Waals surface area contributed by atoms with Crippen LogP contribution < -0.4 is 10.2 Å². The van der Waals surface area contributed by atoms with Crippen LogP contribution in [0.3, 0.4) is 0 Å². The molecule has 0 saturated carbocycles. The van der Waals surface area contributed by atoms with Gasteiger partial charge in [-0.25, -0.2) is 0 Å². The summed E-state index contributed by atoms with van der Waals surface area (Å²) in [6, 6.07) is 17.8. The molecule has 1 fully saturated rings. The van der Waals surface area contributed by atoms with E-state index in [9.17, 15) is 9.59 Å². The van der Waals surface area contributed by atoms with E-state index >= 15 is 0 Å². The Morgan fingerprint density at radius 2 is 1.63 bits per heavy atom. The van der Waals surface area contributed by atoms with E-state index in [1.165, 1.54) is 0 Å². The number of nitrogens with zero attached hydrogens (tertiary/aromatic N) is 2. The van der Waals surface area contributed by atoms with Crippen molar-refractivity contribution >= 4 is 29.3 Å². The van der Waals surface area contributed by atoms with Gasteiger partial charge in [0.1, 0.15) is 0 Å². The first-order chi connectivity index (χ1) is 14.6. The van der Waals surface area contributed by atoms with Crippen molar-refractivity contribution in [3.63, 3.8) is 0 Å². The van der Waals surface area contributed by atoms with Crippen molar-refractivity contribution in [1.82, 2.24) is 4.90 Å². The molecule has 0 bridgehead atoms. The average Bonchev–Trinajstić information content (AvgIpc) is 2.80. The maximum Gasteiger partial charge on any atom is 0.246 e. The lowest BCUT2D eigenvalue weighted by Crippen LogP contribution is -2.40. The third-order valence-electron chi connectivity index (χ3n) is 5.66. The summed E-state index contributed by atoms with van der Waals surface area (Å²) >= 11 is 0. The molecule has 1 saturated heterocycles. The zero-order valence-electron chi connectivity index (χ0n) is 17.9. The molecule has 5 nitrogen and oxygen atoms in total. The van der Waals surface area contributed by atoms with Gasteiger partial charge in [-0.15, -0.1) is 0 Å². The molecule has 0 atom stereocenters. The maximum absolute atomic E-state index is 12.6. The molecule has 1 heterocycles. The van der Waals surface area contributed by atoms with E-state index in [4.69, 9.17) is 0 Å². The number of piperidine rings is 1. The van der Waals surface area contributed by atoms with E-state index in [0.29, 0.717) is 25.9 Å². The highest BCUT2D eigenvalue weighted by atomic mass is 16.2. The smallest absolute Gasteiger partial charge is 0.246 e. The summed E-state index contributed by atoms with van der Waals surface area (Å²) in [6.45, 7) is 7.40. The van der Waals surface area contributed by atoms with Crippen LogP contribution in [0.25, 0.3) is 6.08 Å². The first-order valence-electron chi connectivity index (χ1n) is 10.8. The first kappa shape index (κ1) is 21.6. The highest BCUT2D eigenvalue weighted by molar-refractivity contribution is 5.94. The van der Waals surface area contributed by atoms with E-state index in [1.807, 2.05) is 65.6 Å². The quantitative estimate of drug-likeness (QED) is 0.694. The summed E-state index contributed by atoms with van der Waals surface area (Å²) in [5.74, 6) is -0.0168. The number of anilines is 2. The molecule has 0 aromatic heterocycles. The molecule has 30 heavy (non-hydrogen) atoms. The molecule has 1 N–H and O–H groups in total. The third kappa shape index (κ3) is 5.72. The van der Waals surface area contributed by atoms with Crippen LogP contribution in [0.4, 0.5) is 11.4 Å². The second-order valence-corrected chi connectivity index (χ2v) is 7.55. The number of benzene rings is 2. The average molecular weight is 406 g/mol. The standard InChI is InChI=1S/C25H31N3O2/c1-3-27(4-2)23-13-11-22(12-14-23)26-25(30)21-16-18-28(19-17-21)24(29)15-10-20-8-6-5-7-9-20/h5-15,21H,3-4,16-19H2,1-2H3,(H,26,30). The van der Waals surface area contributed by atoms with Gasteiger partial charge in [0.2, 0.25) is 11.8 Å². The molecule has 0 spiro atoms. The Morgan fingerprint density at radius 3 is 2.23 bits per heavy atom. The van der Waals surface area contributed by atoms with Crippen molar-refractivity contribution in [2.24, 2.45) is 5.92 Å². The largest absolute Gasteiger partial charge is 0.372 e. The highest BCUT2D eigenvalue weighted by Crippen LogP contribution is 2.22. The molecule has 158 valence electrons. The van der Waals surface area contributed by atoms with E-state index in [-0.39, 0.29) is 17.7 Å². The Balaban J connectivity index is 1.48. The molecule has 0 aliphatic carbocycles. The number of rotatable bonds is 7. The van der Waals surface area contributed by atoms with Crippen LogP contribution in [0, 0.1) is 5.92 Å². The number of hydrogen-bond acceptors (Lipinski definition) is 3. The normalized spacial score (nSPS) is 14.7. The fourth-order valence-electron chi connectivity index (χ4n) is 3.79. The second kappa shape index (κ2) is 10.6. The minimum absolute atomic E-state index is 0.00435. The van der Waals surface area contributed by atoms with Gasteiger partial charge in [0, 0.05) is 49.5 Å². The van der Waals surface area contributed by atoms with Crippen LogP contribution in [-0.2, 0) is 9.59 Å². The summed E-state index contributed by atoms with van der Waals surface area (Å²) in [5, 5.41) is 3.03. The zero-order valence-corrected chi connectivity index (χ0v) is 17.9. The van der Waals surface area contributed by atoms with Crippen LogP contribution in [0.5, 0.6) is 0 Å². The Hall–Kier alpha value is -3.08. The van der Waals surface area contributed by atoms with Gasteiger partial charge >= 0.3 is 0 Å². The lowest BCUT2D eigenvalue weighted by molar-refractivity contribution is -0.130. The maximum atomic E-state index is 12.6. The predicted octanol–water partition coefficient (Wildman–Crippen LogP) is 4.42. The second-order valence-electron chi connectivity index (χ2n) is 7.55. The SMILES string of the molecule is CCN(CC)c1ccc(NC(=O)C2CCN(C(=O)C=Cc3ccccc3)CC2)cc1. The number of carbonyl (C=O) groups is 2. The lowest BCUT2D eigenvalue weighted by Gasteiger charge is -2.30. The van der Waals surface area contributed by atoms with Crippen LogP contribution in [0.2, 0.25) is 0 Å². The zero-order chi connectivity index (χ0) is 21.3. The minimum Gasteiger partial charge on any atom is -0.372 e. The van der Waals surface area contributed by atoms with Gasteiger partial charge in [-0.2, -0.15) is 0 Å². The van der Waals surface area contributed by atoms with Crippen LogP contribution in [0.1, 0.15) is 32.3 Å². The van der Waals surface area contributed by atoms with Crippen molar-refractivity contribution in [3.05, 3.63) is 66.2 Å². The van der Waals surface area contributed by atoms with Crippen LogP contribution in [-0.4, -0.2) is 42.9 Å². The summed E-state index contributed by atoms with van der Waals surface area (Å²) in [5.41, 5.74) is 2.99. The number of hydrogen-bond donors (Lipinski definition) is 1. The summed E-state index contributed by atoms with van der Waals surface area (Å²) in [4.78, 5) is 29.1. The monoisotopic (exact) mass is 405 g/mol. The van der Waals surface area contributed by atoms with Gasteiger partial charge in [-0.05, 0) is 62.6 Å². The van der Waals surface area contributed by atoms with E-state index in [0.717, 1.165) is 30.0 Å². The summed E-state index contributed by atoms with van der Waals surface area (Å²) in [6.07, 6.45) is 4.83. The molecule has 1 aliphatic heterocycles. The molecule has 2 aromatic carbocycles. The first-order valence-corrected chi connectivity index (χ1v) is 10.8.